The first kappa shape index (κ1) is 16.2. The van der Waals surface area contributed by atoms with E-state index < -0.39 is 0 Å². The van der Waals surface area contributed by atoms with Gasteiger partial charge in [-0.2, -0.15) is 0 Å². The van der Waals surface area contributed by atoms with E-state index in [1.54, 1.807) is 24.3 Å². The van der Waals surface area contributed by atoms with E-state index in [2.05, 4.69) is 32.5 Å². The molecule has 0 aliphatic heterocycles. The molecule has 3 N–H and O–H groups in total. The van der Waals surface area contributed by atoms with Crippen molar-refractivity contribution in [2.24, 2.45) is 0 Å². The van der Waals surface area contributed by atoms with Gasteiger partial charge in [0.25, 0.3) is 5.91 Å². The number of carbonyl (C=O) groups is 2. The van der Waals surface area contributed by atoms with Crippen molar-refractivity contribution in [3.8, 4) is 0 Å². The van der Waals surface area contributed by atoms with Gasteiger partial charge in [0, 0.05) is 24.8 Å². The lowest BCUT2D eigenvalue weighted by Crippen LogP contribution is -2.24. The molecule has 23 heavy (non-hydrogen) atoms. The maximum atomic E-state index is 11.7. The molecule has 2 amide bonds. The molecule has 0 unspecified atom stereocenters. The summed E-state index contributed by atoms with van der Waals surface area (Å²) in [5.41, 5.74) is 1.65. The van der Waals surface area contributed by atoms with Crippen molar-refractivity contribution in [1.29, 1.82) is 0 Å². The van der Waals surface area contributed by atoms with E-state index in [4.69, 9.17) is 0 Å². The van der Waals surface area contributed by atoms with Gasteiger partial charge in [0.1, 0.15) is 11.5 Å². The molecule has 0 radical (unpaired) electrons. The second-order valence-electron chi connectivity index (χ2n) is 4.67. The van der Waals surface area contributed by atoms with Gasteiger partial charge in [0.2, 0.25) is 5.91 Å². The van der Waals surface area contributed by atoms with E-state index in [1.165, 1.54) is 19.3 Å². The topological polar surface area (TPSA) is 96.0 Å². The van der Waals surface area contributed by atoms with Crippen molar-refractivity contribution in [2.45, 2.75) is 6.92 Å². The van der Waals surface area contributed by atoms with Gasteiger partial charge in [-0.25, -0.2) is 9.97 Å². The minimum Gasteiger partial charge on any atom is -0.347 e. The van der Waals surface area contributed by atoms with Crippen LogP contribution >= 0.6 is 0 Å². The Kier molecular flexibility index (Phi) is 5.40. The van der Waals surface area contributed by atoms with Crippen LogP contribution in [0.25, 0.3) is 0 Å². The van der Waals surface area contributed by atoms with Gasteiger partial charge in [-0.1, -0.05) is 12.1 Å². The van der Waals surface area contributed by atoms with Crippen LogP contribution in [0, 0.1) is 0 Å². The van der Waals surface area contributed by atoms with E-state index in [9.17, 15) is 9.59 Å². The molecule has 1 aromatic carbocycles. The lowest BCUT2D eigenvalue weighted by molar-refractivity contribution is -0.114. The predicted octanol–water partition coefficient (Wildman–Crippen LogP) is 2.09. The molecular formula is C16H17N5O2. The van der Waals surface area contributed by atoms with E-state index in [1.807, 2.05) is 6.07 Å². The van der Waals surface area contributed by atoms with Crippen LogP contribution in [0.15, 0.2) is 49.3 Å². The monoisotopic (exact) mass is 311 g/mol. The van der Waals surface area contributed by atoms with Gasteiger partial charge in [-0.15, -0.1) is 6.58 Å². The fraction of sp³-hybridized carbons (Fsp3) is 0.125. The lowest BCUT2D eigenvalue weighted by atomic mass is 10.2. The summed E-state index contributed by atoms with van der Waals surface area (Å²) in [6, 6.07) is 7.19. The van der Waals surface area contributed by atoms with Crippen LogP contribution in [0.1, 0.15) is 17.4 Å². The van der Waals surface area contributed by atoms with Crippen molar-refractivity contribution in [2.75, 3.05) is 17.2 Å². The van der Waals surface area contributed by atoms with E-state index >= 15 is 0 Å². The summed E-state index contributed by atoms with van der Waals surface area (Å²) in [6.07, 6.45) is 4.44. The average molecular weight is 311 g/mol. The Morgan fingerprint density at radius 3 is 2.65 bits per heavy atom. The van der Waals surface area contributed by atoms with Crippen molar-refractivity contribution in [3.63, 3.8) is 0 Å². The fourth-order valence-corrected chi connectivity index (χ4v) is 1.79. The first-order valence-corrected chi connectivity index (χ1v) is 6.94. The number of nitrogens with one attached hydrogen (secondary N) is 3. The number of nitrogens with zero attached hydrogens (tertiary/aromatic N) is 2. The maximum Gasteiger partial charge on any atom is 0.271 e. The van der Waals surface area contributed by atoms with Gasteiger partial charge < -0.3 is 16.0 Å². The van der Waals surface area contributed by atoms with Gasteiger partial charge >= 0.3 is 0 Å². The largest absolute Gasteiger partial charge is 0.347 e. The zero-order valence-electron chi connectivity index (χ0n) is 12.7. The van der Waals surface area contributed by atoms with Crippen LogP contribution in [0.5, 0.6) is 0 Å². The Hall–Kier alpha value is -3.22. The van der Waals surface area contributed by atoms with E-state index in [0.29, 0.717) is 18.1 Å². The Morgan fingerprint density at radius 1 is 1.22 bits per heavy atom. The van der Waals surface area contributed by atoms with Crippen LogP contribution in [-0.4, -0.2) is 28.3 Å². The highest BCUT2D eigenvalue weighted by Crippen LogP contribution is 2.18. The van der Waals surface area contributed by atoms with Gasteiger partial charge in [-0.3, -0.25) is 9.59 Å². The molecule has 118 valence electrons. The molecule has 1 aromatic heterocycles. The normalized spacial score (nSPS) is 9.78. The predicted molar refractivity (Wildman–Crippen MR) is 88.6 cm³/mol. The lowest BCUT2D eigenvalue weighted by Gasteiger charge is -2.08. The van der Waals surface area contributed by atoms with Crippen LogP contribution in [-0.2, 0) is 4.79 Å². The number of carbonyl (C=O) groups excluding carboxylic acids is 2. The number of anilines is 3. The molecule has 0 saturated carbocycles. The summed E-state index contributed by atoms with van der Waals surface area (Å²) in [5.74, 6) is 0.0404. The quantitative estimate of drug-likeness (QED) is 0.710. The van der Waals surface area contributed by atoms with Gasteiger partial charge in [0.15, 0.2) is 0 Å². The number of rotatable bonds is 6. The molecule has 7 heteroatoms. The number of aromatic nitrogens is 2. The van der Waals surface area contributed by atoms with Crippen molar-refractivity contribution >= 4 is 29.0 Å². The molecule has 0 spiro atoms. The highest BCUT2D eigenvalue weighted by atomic mass is 16.2. The minimum absolute atomic E-state index is 0.142. The summed E-state index contributed by atoms with van der Waals surface area (Å²) < 4.78 is 0. The molecule has 1 heterocycles. The minimum atomic E-state index is -0.309. The van der Waals surface area contributed by atoms with Gasteiger partial charge in [0.05, 0.1) is 12.4 Å². The number of hydrogen-bond donors (Lipinski definition) is 3. The third-order valence-corrected chi connectivity index (χ3v) is 2.75. The third kappa shape index (κ3) is 4.92. The Morgan fingerprint density at radius 2 is 2.00 bits per heavy atom. The first-order chi connectivity index (χ1) is 11.1. The summed E-state index contributed by atoms with van der Waals surface area (Å²) in [7, 11) is 0. The summed E-state index contributed by atoms with van der Waals surface area (Å²) >= 11 is 0. The SMILES string of the molecule is C=CCNC(=O)c1cnc(Nc2cccc(NC(C)=O)c2)cn1. The van der Waals surface area contributed by atoms with Gasteiger partial charge in [-0.05, 0) is 18.2 Å². The van der Waals surface area contributed by atoms with Crippen LogP contribution < -0.4 is 16.0 Å². The zero-order valence-corrected chi connectivity index (χ0v) is 12.7. The summed E-state index contributed by atoms with van der Waals surface area (Å²) in [4.78, 5) is 31.0. The molecule has 0 fully saturated rings. The number of benzene rings is 1. The van der Waals surface area contributed by atoms with Crippen molar-refractivity contribution < 1.29 is 9.59 Å². The Balaban J connectivity index is 2.04. The molecule has 0 aliphatic carbocycles. The van der Waals surface area contributed by atoms with E-state index in [-0.39, 0.29) is 17.5 Å². The molecule has 2 aromatic rings. The second-order valence-corrected chi connectivity index (χ2v) is 4.67. The maximum absolute atomic E-state index is 11.7. The standard InChI is InChI=1S/C16H17N5O2/c1-3-7-17-16(23)14-9-19-15(10-18-14)21-13-6-4-5-12(8-13)20-11(2)22/h3-6,8-10H,1,7H2,2H3,(H,17,23)(H,19,21)(H,20,22). The average Bonchev–Trinajstić information content (AvgIpc) is 2.53. The Bertz CT molecular complexity index is 713. The zero-order chi connectivity index (χ0) is 16.7. The molecule has 7 nitrogen and oxygen atoms in total. The van der Waals surface area contributed by atoms with E-state index in [0.717, 1.165) is 5.69 Å². The molecule has 0 saturated heterocycles. The van der Waals surface area contributed by atoms with Crippen LogP contribution in [0.4, 0.5) is 17.2 Å². The number of hydrogen-bond acceptors (Lipinski definition) is 5. The third-order valence-electron chi connectivity index (χ3n) is 2.75. The summed E-state index contributed by atoms with van der Waals surface area (Å²) in [6.45, 7) is 5.34. The Labute approximate surface area is 133 Å². The highest BCUT2D eigenvalue weighted by molar-refractivity contribution is 5.92. The first-order valence-electron chi connectivity index (χ1n) is 6.94. The molecule has 2 rings (SSSR count). The molecular weight excluding hydrogens is 294 g/mol. The summed E-state index contributed by atoms with van der Waals surface area (Å²) in [5, 5.41) is 8.38. The van der Waals surface area contributed by atoms with Crippen LogP contribution in [0.2, 0.25) is 0 Å². The number of amides is 2. The smallest absolute Gasteiger partial charge is 0.271 e. The highest BCUT2D eigenvalue weighted by Gasteiger charge is 2.07. The molecule has 0 atom stereocenters. The van der Waals surface area contributed by atoms with Crippen molar-refractivity contribution in [3.05, 3.63) is 55.0 Å². The molecule has 0 bridgehead atoms. The fourth-order valence-electron chi connectivity index (χ4n) is 1.79. The second kappa shape index (κ2) is 7.69. The molecule has 0 aliphatic rings. The van der Waals surface area contributed by atoms with Crippen molar-refractivity contribution in [1.82, 2.24) is 15.3 Å². The van der Waals surface area contributed by atoms with Crippen LogP contribution in [0.3, 0.4) is 0 Å².